The van der Waals surface area contributed by atoms with Gasteiger partial charge in [0.1, 0.15) is 12.4 Å². The number of hydrogen-bond donors (Lipinski definition) is 1. The van der Waals surface area contributed by atoms with Gasteiger partial charge in [-0.15, -0.1) is 10.2 Å². The van der Waals surface area contributed by atoms with Gasteiger partial charge in [0.05, 0.1) is 6.04 Å². The SMILES string of the molecule is Cc1ccc(Cc2nnn(CC(=O)N[C@@H](C)c3ccc(F)cc3)n2)cc1. The van der Waals surface area contributed by atoms with Gasteiger partial charge in [0.2, 0.25) is 5.91 Å². The molecule has 0 aliphatic rings. The summed E-state index contributed by atoms with van der Waals surface area (Å²) in [4.78, 5) is 13.4. The number of amides is 1. The zero-order valence-electron chi connectivity index (χ0n) is 14.7. The van der Waals surface area contributed by atoms with Crippen LogP contribution in [-0.2, 0) is 17.8 Å². The molecule has 0 spiro atoms. The van der Waals surface area contributed by atoms with Crippen LogP contribution in [-0.4, -0.2) is 26.1 Å². The second-order valence-electron chi connectivity index (χ2n) is 6.24. The topological polar surface area (TPSA) is 72.7 Å². The highest BCUT2D eigenvalue weighted by molar-refractivity contribution is 5.75. The van der Waals surface area contributed by atoms with Gasteiger partial charge in [-0.3, -0.25) is 4.79 Å². The van der Waals surface area contributed by atoms with Gasteiger partial charge in [0, 0.05) is 6.42 Å². The zero-order valence-corrected chi connectivity index (χ0v) is 14.7. The number of hydrogen-bond acceptors (Lipinski definition) is 4. The maximum Gasteiger partial charge on any atom is 0.244 e. The predicted molar refractivity (Wildman–Crippen MR) is 94.8 cm³/mol. The molecule has 134 valence electrons. The first-order valence-corrected chi connectivity index (χ1v) is 8.36. The van der Waals surface area contributed by atoms with Crippen molar-refractivity contribution in [3.8, 4) is 0 Å². The second-order valence-corrected chi connectivity index (χ2v) is 6.24. The van der Waals surface area contributed by atoms with Crippen molar-refractivity contribution in [1.29, 1.82) is 0 Å². The Bertz CT molecular complexity index is 874. The fourth-order valence-electron chi connectivity index (χ4n) is 2.55. The van der Waals surface area contributed by atoms with Crippen molar-refractivity contribution < 1.29 is 9.18 Å². The van der Waals surface area contributed by atoms with E-state index < -0.39 is 0 Å². The number of aromatic nitrogens is 4. The van der Waals surface area contributed by atoms with Crippen LogP contribution in [0.2, 0.25) is 0 Å². The minimum absolute atomic E-state index is 0.0214. The van der Waals surface area contributed by atoms with Gasteiger partial charge in [-0.05, 0) is 42.3 Å². The van der Waals surface area contributed by atoms with Crippen LogP contribution in [0.15, 0.2) is 48.5 Å². The summed E-state index contributed by atoms with van der Waals surface area (Å²) in [7, 11) is 0. The molecule has 0 saturated heterocycles. The number of nitrogens with zero attached hydrogens (tertiary/aromatic N) is 4. The minimum atomic E-state index is -0.305. The Balaban J connectivity index is 1.55. The first-order valence-electron chi connectivity index (χ1n) is 8.36. The Labute approximate surface area is 151 Å². The molecule has 2 aromatic carbocycles. The average molecular weight is 353 g/mol. The maximum absolute atomic E-state index is 13.0. The van der Waals surface area contributed by atoms with Crippen LogP contribution >= 0.6 is 0 Å². The molecule has 3 rings (SSSR count). The lowest BCUT2D eigenvalue weighted by Gasteiger charge is -2.13. The molecule has 0 radical (unpaired) electrons. The lowest BCUT2D eigenvalue weighted by Crippen LogP contribution is -2.30. The molecular weight excluding hydrogens is 333 g/mol. The first-order chi connectivity index (χ1) is 12.5. The maximum atomic E-state index is 13.0. The number of benzene rings is 2. The monoisotopic (exact) mass is 353 g/mol. The molecule has 26 heavy (non-hydrogen) atoms. The Morgan fingerprint density at radius 2 is 1.85 bits per heavy atom. The molecule has 0 fully saturated rings. The predicted octanol–water partition coefficient (Wildman–Crippen LogP) is 2.59. The molecule has 1 N–H and O–H groups in total. The molecule has 1 atom stereocenters. The molecule has 0 unspecified atom stereocenters. The summed E-state index contributed by atoms with van der Waals surface area (Å²) >= 11 is 0. The smallest absolute Gasteiger partial charge is 0.244 e. The van der Waals surface area contributed by atoms with E-state index in [0.717, 1.165) is 11.1 Å². The molecule has 0 aliphatic heterocycles. The fraction of sp³-hybridized carbons (Fsp3) is 0.263. The van der Waals surface area contributed by atoms with Crippen molar-refractivity contribution in [2.45, 2.75) is 32.9 Å². The Kier molecular flexibility index (Phi) is 5.36. The standard InChI is InChI=1S/C19H20FN5O/c1-13-3-5-15(6-4-13)11-18-22-24-25(23-18)12-19(26)21-14(2)16-7-9-17(20)10-8-16/h3-10,14H,11-12H2,1-2H3,(H,21,26)/t14-/m0/s1. The minimum Gasteiger partial charge on any atom is -0.348 e. The first kappa shape index (κ1) is 17.7. The summed E-state index contributed by atoms with van der Waals surface area (Å²) in [6.07, 6.45) is 0.563. The Hall–Kier alpha value is -3.09. The molecule has 1 aromatic heterocycles. The lowest BCUT2D eigenvalue weighted by atomic mass is 10.1. The van der Waals surface area contributed by atoms with E-state index in [4.69, 9.17) is 0 Å². The van der Waals surface area contributed by atoms with E-state index >= 15 is 0 Å². The third-order valence-electron chi connectivity index (χ3n) is 4.01. The number of halogens is 1. The summed E-state index contributed by atoms with van der Waals surface area (Å²) in [5, 5.41) is 15.0. The van der Waals surface area contributed by atoms with E-state index in [-0.39, 0.29) is 24.3 Å². The number of carbonyl (C=O) groups is 1. The number of aryl methyl sites for hydroxylation is 1. The molecule has 1 heterocycles. The fourth-order valence-corrected chi connectivity index (χ4v) is 2.55. The molecular formula is C19H20FN5O. The van der Waals surface area contributed by atoms with Gasteiger partial charge < -0.3 is 5.32 Å². The van der Waals surface area contributed by atoms with Gasteiger partial charge >= 0.3 is 0 Å². The van der Waals surface area contributed by atoms with E-state index in [2.05, 4.69) is 20.7 Å². The van der Waals surface area contributed by atoms with E-state index in [1.54, 1.807) is 12.1 Å². The van der Waals surface area contributed by atoms with Gasteiger partial charge in [0.25, 0.3) is 0 Å². The number of nitrogens with one attached hydrogen (secondary N) is 1. The molecule has 3 aromatic rings. The van der Waals surface area contributed by atoms with E-state index in [1.165, 1.54) is 22.5 Å². The summed E-state index contributed by atoms with van der Waals surface area (Å²) in [6.45, 7) is 3.85. The van der Waals surface area contributed by atoms with Crippen LogP contribution in [0.4, 0.5) is 4.39 Å². The van der Waals surface area contributed by atoms with Crippen molar-refractivity contribution in [1.82, 2.24) is 25.5 Å². The summed E-state index contributed by atoms with van der Waals surface area (Å²) < 4.78 is 13.0. The largest absolute Gasteiger partial charge is 0.348 e. The number of carbonyl (C=O) groups excluding carboxylic acids is 1. The van der Waals surface area contributed by atoms with Gasteiger partial charge in [-0.2, -0.15) is 4.80 Å². The van der Waals surface area contributed by atoms with Gasteiger partial charge in [-0.25, -0.2) is 4.39 Å². The summed E-state index contributed by atoms with van der Waals surface area (Å²) in [6, 6.07) is 13.9. The molecule has 1 amide bonds. The van der Waals surface area contributed by atoms with Crippen LogP contribution in [0.3, 0.4) is 0 Å². The highest BCUT2D eigenvalue weighted by Crippen LogP contribution is 2.12. The highest BCUT2D eigenvalue weighted by atomic mass is 19.1. The zero-order chi connectivity index (χ0) is 18.5. The second kappa shape index (κ2) is 7.86. The summed E-state index contributed by atoms with van der Waals surface area (Å²) in [5.41, 5.74) is 3.10. The van der Waals surface area contributed by atoms with Crippen LogP contribution < -0.4 is 5.32 Å². The van der Waals surface area contributed by atoms with Crippen molar-refractivity contribution in [2.75, 3.05) is 0 Å². The molecule has 7 heteroatoms. The van der Waals surface area contributed by atoms with E-state index in [1.807, 2.05) is 38.1 Å². The highest BCUT2D eigenvalue weighted by Gasteiger charge is 2.12. The van der Waals surface area contributed by atoms with E-state index in [0.29, 0.717) is 12.2 Å². The third-order valence-corrected chi connectivity index (χ3v) is 4.01. The van der Waals surface area contributed by atoms with E-state index in [9.17, 15) is 9.18 Å². The van der Waals surface area contributed by atoms with Crippen LogP contribution in [0.5, 0.6) is 0 Å². The van der Waals surface area contributed by atoms with Crippen LogP contribution in [0.1, 0.15) is 35.5 Å². The van der Waals surface area contributed by atoms with Crippen LogP contribution in [0, 0.1) is 12.7 Å². The Morgan fingerprint density at radius 3 is 2.54 bits per heavy atom. The third kappa shape index (κ3) is 4.72. The van der Waals surface area contributed by atoms with Crippen LogP contribution in [0.25, 0.3) is 0 Å². The Morgan fingerprint density at radius 1 is 1.15 bits per heavy atom. The average Bonchev–Trinajstić information content (AvgIpc) is 3.04. The molecule has 6 nitrogen and oxygen atoms in total. The summed E-state index contributed by atoms with van der Waals surface area (Å²) in [5.74, 6) is 0.0227. The van der Waals surface area contributed by atoms with Gasteiger partial charge in [-0.1, -0.05) is 42.0 Å². The lowest BCUT2D eigenvalue weighted by molar-refractivity contribution is -0.122. The van der Waals surface area contributed by atoms with Crippen molar-refractivity contribution >= 4 is 5.91 Å². The number of tetrazole rings is 1. The number of rotatable bonds is 6. The van der Waals surface area contributed by atoms with Crippen molar-refractivity contribution in [3.05, 3.63) is 76.9 Å². The molecule has 0 saturated carbocycles. The quantitative estimate of drug-likeness (QED) is 0.739. The molecule has 0 bridgehead atoms. The van der Waals surface area contributed by atoms with Crippen molar-refractivity contribution in [2.24, 2.45) is 0 Å². The van der Waals surface area contributed by atoms with Crippen molar-refractivity contribution in [3.63, 3.8) is 0 Å². The molecule has 0 aliphatic carbocycles. The normalized spacial score (nSPS) is 12.0. The van der Waals surface area contributed by atoms with Gasteiger partial charge in [0.15, 0.2) is 5.82 Å².